The third-order valence-electron chi connectivity index (χ3n) is 5.45. The number of carboxylic acids is 1. The van der Waals surface area contributed by atoms with Crippen LogP contribution in [0.3, 0.4) is 0 Å². The molecule has 1 saturated carbocycles. The zero-order chi connectivity index (χ0) is 19.4. The molecule has 0 radical (unpaired) electrons. The van der Waals surface area contributed by atoms with Crippen molar-refractivity contribution in [2.75, 3.05) is 19.6 Å². The van der Waals surface area contributed by atoms with Crippen LogP contribution in [0.5, 0.6) is 0 Å². The summed E-state index contributed by atoms with van der Waals surface area (Å²) in [4.78, 5) is 38.4. The molecule has 2 rings (SSSR count). The van der Waals surface area contributed by atoms with Crippen molar-refractivity contribution in [3.8, 4) is 0 Å². The number of carboxylic acid groups (broad SMARTS) is 1. The molecule has 0 spiro atoms. The number of hydrogen-bond acceptors (Lipinski definition) is 4. The molecule has 1 saturated heterocycles. The van der Waals surface area contributed by atoms with Crippen molar-refractivity contribution in [2.45, 2.75) is 76.8 Å². The molecule has 7 nitrogen and oxygen atoms in total. The highest BCUT2D eigenvalue weighted by atomic mass is 16.4. The highest BCUT2D eigenvalue weighted by Gasteiger charge is 2.54. The summed E-state index contributed by atoms with van der Waals surface area (Å²) in [6.07, 6.45) is 6.21. The minimum atomic E-state index is -1.06. The SMILES string of the molecule is CC(C)(C)NC(=O)CNCC(=O)N1CCC[C@]1(C(=O)O)C1CCCCC1. The lowest BCUT2D eigenvalue weighted by molar-refractivity contribution is -0.161. The third kappa shape index (κ3) is 4.75. The maximum absolute atomic E-state index is 12.7. The largest absolute Gasteiger partial charge is 0.479 e. The number of amides is 2. The van der Waals surface area contributed by atoms with Crippen LogP contribution in [0.2, 0.25) is 0 Å². The Hall–Kier alpha value is -1.63. The van der Waals surface area contributed by atoms with Crippen LogP contribution in [0.15, 0.2) is 0 Å². The van der Waals surface area contributed by atoms with Crippen LogP contribution in [0.4, 0.5) is 0 Å². The van der Waals surface area contributed by atoms with Crippen molar-refractivity contribution in [1.82, 2.24) is 15.5 Å². The number of hydrogen-bond donors (Lipinski definition) is 3. The van der Waals surface area contributed by atoms with Gasteiger partial charge in [0.1, 0.15) is 5.54 Å². The molecule has 2 fully saturated rings. The van der Waals surface area contributed by atoms with Crippen LogP contribution in [-0.4, -0.2) is 58.5 Å². The highest BCUT2D eigenvalue weighted by Crippen LogP contribution is 2.43. The standard InChI is InChI=1S/C19H33N3O4/c1-18(2,3)21-15(23)12-20-13-16(24)22-11-7-10-19(22,17(25)26)14-8-5-4-6-9-14/h14,20H,4-13H2,1-3H3,(H,21,23)(H,25,26)/t19-/m1/s1. The van der Waals surface area contributed by atoms with Gasteiger partial charge in [-0.15, -0.1) is 0 Å². The van der Waals surface area contributed by atoms with E-state index in [9.17, 15) is 19.5 Å². The average molecular weight is 367 g/mol. The van der Waals surface area contributed by atoms with E-state index in [2.05, 4.69) is 10.6 Å². The van der Waals surface area contributed by atoms with Gasteiger partial charge in [-0.3, -0.25) is 14.9 Å². The monoisotopic (exact) mass is 367 g/mol. The quantitative estimate of drug-likeness (QED) is 0.661. The molecule has 3 N–H and O–H groups in total. The second kappa shape index (κ2) is 8.37. The number of likely N-dealkylation sites (tertiary alicyclic amines) is 1. The van der Waals surface area contributed by atoms with Gasteiger partial charge in [-0.25, -0.2) is 4.79 Å². The molecule has 0 bridgehead atoms. The van der Waals surface area contributed by atoms with Gasteiger partial charge in [0.25, 0.3) is 0 Å². The maximum Gasteiger partial charge on any atom is 0.329 e. The molecule has 26 heavy (non-hydrogen) atoms. The Bertz CT molecular complexity index is 537. The van der Waals surface area contributed by atoms with Gasteiger partial charge < -0.3 is 15.3 Å². The Morgan fingerprint density at radius 3 is 2.31 bits per heavy atom. The number of carbonyl (C=O) groups is 3. The molecule has 1 heterocycles. The van der Waals surface area contributed by atoms with Gasteiger partial charge in [-0.2, -0.15) is 0 Å². The van der Waals surface area contributed by atoms with Crippen LogP contribution in [-0.2, 0) is 14.4 Å². The van der Waals surface area contributed by atoms with Crippen molar-refractivity contribution in [3.05, 3.63) is 0 Å². The van der Waals surface area contributed by atoms with E-state index >= 15 is 0 Å². The second-order valence-electron chi connectivity index (χ2n) is 8.62. The smallest absolute Gasteiger partial charge is 0.329 e. The molecular weight excluding hydrogens is 334 g/mol. The fraction of sp³-hybridized carbons (Fsp3) is 0.842. The van der Waals surface area contributed by atoms with Crippen molar-refractivity contribution in [3.63, 3.8) is 0 Å². The fourth-order valence-electron chi connectivity index (χ4n) is 4.43. The van der Waals surface area contributed by atoms with Crippen LogP contribution < -0.4 is 10.6 Å². The minimum absolute atomic E-state index is 0.0146. The molecule has 0 aromatic heterocycles. The predicted octanol–water partition coefficient (Wildman–Crippen LogP) is 1.52. The van der Waals surface area contributed by atoms with Crippen molar-refractivity contribution in [1.29, 1.82) is 0 Å². The molecular formula is C19H33N3O4. The first-order valence-corrected chi connectivity index (χ1v) is 9.72. The Balaban J connectivity index is 1.97. The highest BCUT2D eigenvalue weighted by molar-refractivity contribution is 5.89. The first kappa shape index (κ1) is 20.7. The third-order valence-corrected chi connectivity index (χ3v) is 5.45. The average Bonchev–Trinajstić information content (AvgIpc) is 3.00. The summed E-state index contributed by atoms with van der Waals surface area (Å²) in [7, 11) is 0. The molecule has 1 aliphatic carbocycles. The first-order chi connectivity index (χ1) is 12.2. The van der Waals surface area contributed by atoms with E-state index in [-0.39, 0.29) is 36.4 Å². The van der Waals surface area contributed by atoms with Crippen molar-refractivity contribution < 1.29 is 19.5 Å². The maximum atomic E-state index is 12.7. The fourth-order valence-corrected chi connectivity index (χ4v) is 4.43. The lowest BCUT2D eigenvalue weighted by Gasteiger charge is -2.42. The minimum Gasteiger partial charge on any atom is -0.479 e. The Morgan fingerprint density at radius 2 is 1.73 bits per heavy atom. The topological polar surface area (TPSA) is 98.7 Å². The molecule has 0 aromatic rings. The summed E-state index contributed by atoms with van der Waals surface area (Å²) in [6, 6.07) is 0. The van der Waals surface area contributed by atoms with Gasteiger partial charge >= 0.3 is 5.97 Å². The molecule has 0 unspecified atom stereocenters. The summed E-state index contributed by atoms with van der Waals surface area (Å²) in [6.45, 7) is 6.19. The van der Waals surface area contributed by atoms with E-state index in [0.29, 0.717) is 13.0 Å². The van der Waals surface area contributed by atoms with E-state index in [0.717, 1.165) is 38.5 Å². The molecule has 148 valence electrons. The molecule has 1 atom stereocenters. The van der Waals surface area contributed by atoms with Gasteiger partial charge in [0.15, 0.2) is 0 Å². The zero-order valence-electron chi connectivity index (χ0n) is 16.3. The van der Waals surface area contributed by atoms with E-state index < -0.39 is 11.5 Å². The zero-order valence-corrected chi connectivity index (χ0v) is 16.3. The summed E-state index contributed by atoms with van der Waals surface area (Å²) in [5.74, 6) is -1.24. The summed E-state index contributed by atoms with van der Waals surface area (Å²) in [5.41, 5.74) is -1.38. The van der Waals surface area contributed by atoms with Crippen molar-refractivity contribution >= 4 is 17.8 Å². The molecule has 1 aliphatic heterocycles. The molecule has 2 aliphatic rings. The molecule has 2 amide bonds. The summed E-state index contributed by atoms with van der Waals surface area (Å²) in [5, 5.41) is 15.7. The van der Waals surface area contributed by atoms with Crippen LogP contribution in [0, 0.1) is 5.92 Å². The Kier molecular flexibility index (Phi) is 6.66. The van der Waals surface area contributed by atoms with Crippen LogP contribution in [0.25, 0.3) is 0 Å². The number of nitrogens with zero attached hydrogens (tertiary/aromatic N) is 1. The number of aliphatic carboxylic acids is 1. The van der Waals surface area contributed by atoms with E-state index in [1.54, 1.807) is 4.90 Å². The van der Waals surface area contributed by atoms with Crippen molar-refractivity contribution in [2.24, 2.45) is 5.92 Å². The van der Waals surface area contributed by atoms with E-state index in [4.69, 9.17) is 0 Å². The Labute approximate surface area is 155 Å². The molecule has 7 heteroatoms. The number of carbonyl (C=O) groups excluding carboxylic acids is 2. The number of rotatable bonds is 6. The van der Waals surface area contributed by atoms with Crippen LogP contribution in [0.1, 0.15) is 65.7 Å². The van der Waals surface area contributed by atoms with Crippen LogP contribution >= 0.6 is 0 Å². The van der Waals surface area contributed by atoms with E-state index in [1.165, 1.54) is 0 Å². The van der Waals surface area contributed by atoms with Gasteiger partial charge in [-0.1, -0.05) is 19.3 Å². The lowest BCUT2D eigenvalue weighted by atomic mass is 9.73. The number of nitrogens with one attached hydrogen (secondary N) is 2. The van der Waals surface area contributed by atoms with E-state index in [1.807, 2.05) is 20.8 Å². The molecule has 0 aromatic carbocycles. The lowest BCUT2D eigenvalue weighted by Crippen LogP contribution is -2.59. The van der Waals surface area contributed by atoms with Gasteiger partial charge in [0.05, 0.1) is 13.1 Å². The second-order valence-corrected chi connectivity index (χ2v) is 8.62. The summed E-state index contributed by atoms with van der Waals surface area (Å²) >= 11 is 0. The first-order valence-electron chi connectivity index (χ1n) is 9.72. The van der Waals surface area contributed by atoms with Gasteiger partial charge in [0.2, 0.25) is 11.8 Å². The predicted molar refractivity (Wildman–Crippen MR) is 98.7 cm³/mol. The van der Waals surface area contributed by atoms with Gasteiger partial charge in [0, 0.05) is 12.1 Å². The summed E-state index contributed by atoms with van der Waals surface area (Å²) < 4.78 is 0. The Morgan fingerprint density at radius 1 is 1.08 bits per heavy atom. The normalized spacial score (nSPS) is 24.5. The van der Waals surface area contributed by atoms with Gasteiger partial charge in [-0.05, 0) is 52.4 Å².